The Labute approximate surface area is 125 Å². The number of methoxy groups -OCH3 is 1. The highest BCUT2D eigenvalue weighted by Crippen LogP contribution is 2.30. The molecule has 0 radical (unpaired) electrons. The van der Waals surface area contributed by atoms with Gasteiger partial charge in [0.25, 0.3) is 0 Å². The Hall–Kier alpha value is -1.75. The maximum atomic E-state index is 11.1. The van der Waals surface area contributed by atoms with Gasteiger partial charge in [0.15, 0.2) is 11.5 Å². The summed E-state index contributed by atoms with van der Waals surface area (Å²) in [5, 5.41) is 12.5. The highest BCUT2D eigenvalue weighted by atomic mass is 16.5. The lowest BCUT2D eigenvalue weighted by Crippen LogP contribution is -2.30. The van der Waals surface area contributed by atoms with Crippen LogP contribution in [0.3, 0.4) is 0 Å². The third-order valence-corrected chi connectivity index (χ3v) is 3.57. The van der Waals surface area contributed by atoms with Gasteiger partial charge in [0.1, 0.15) is 6.61 Å². The van der Waals surface area contributed by atoms with Gasteiger partial charge in [-0.1, -0.05) is 6.07 Å². The highest BCUT2D eigenvalue weighted by molar-refractivity contribution is 5.73. The number of carbonyl (C=O) groups is 1. The van der Waals surface area contributed by atoms with Crippen molar-refractivity contribution in [2.24, 2.45) is 5.41 Å². The van der Waals surface area contributed by atoms with Crippen molar-refractivity contribution in [3.05, 3.63) is 23.8 Å². The second kappa shape index (κ2) is 6.35. The van der Waals surface area contributed by atoms with Crippen LogP contribution in [-0.2, 0) is 11.3 Å². The number of benzene rings is 1. The zero-order valence-electron chi connectivity index (χ0n) is 12.8. The van der Waals surface area contributed by atoms with Crippen LogP contribution in [0.25, 0.3) is 0 Å². The van der Waals surface area contributed by atoms with Crippen molar-refractivity contribution in [2.45, 2.75) is 39.3 Å². The van der Waals surface area contributed by atoms with Crippen molar-refractivity contribution in [2.75, 3.05) is 13.7 Å². The molecule has 1 saturated carbocycles. The Morgan fingerprint density at radius 3 is 2.67 bits per heavy atom. The van der Waals surface area contributed by atoms with E-state index in [0.29, 0.717) is 17.5 Å². The summed E-state index contributed by atoms with van der Waals surface area (Å²) in [6.45, 7) is 4.17. The fraction of sp³-hybridized carbons (Fsp3) is 0.562. The molecular weight excluding hydrogens is 270 g/mol. The summed E-state index contributed by atoms with van der Waals surface area (Å²) >= 11 is 0. The molecule has 0 aliphatic heterocycles. The molecule has 1 aliphatic rings. The minimum atomic E-state index is -0.933. The summed E-state index contributed by atoms with van der Waals surface area (Å²) in [5.74, 6) is 0.319. The lowest BCUT2D eigenvalue weighted by molar-refractivity contribution is -0.148. The lowest BCUT2D eigenvalue weighted by Gasteiger charge is -2.20. The van der Waals surface area contributed by atoms with Crippen LogP contribution in [0.15, 0.2) is 18.2 Å². The van der Waals surface area contributed by atoms with E-state index in [2.05, 4.69) is 5.32 Å². The van der Waals surface area contributed by atoms with Crippen LogP contribution >= 0.6 is 0 Å². The normalized spacial score (nSPS) is 14.8. The molecule has 1 fully saturated rings. The summed E-state index contributed by atoms with van der Waals surface area (Å²) in [5.41, 5.74) is 0.195. The molecule has 2 N–H and O–H groups in total. The average molecular weight is 293 g/mol. The molecule has 5 nitrogen and oxygen atoms in total. The Morgan fingerprint density at radius 2 is 2.10 bits per heavy atom. The summed E-state index contributed by atoms with van der Waals surface area (Å²) in [6.07, 6.45) is 2.51. The van der Waals surface area contributed by atoms with Crippen molar-refractivity contribution in [1.82, 2.24) is 5.32 Å². The van der Waals surface area contributed by atoms with E-state index in [9.17, 15) is 4.79 Å². The van der Waals surface area contributed by atoms with Crippen LogP contribution in [0, 0.1) is 5.41 Å². The van der Waals surface area contributed by atoms with Crippen LogP contribution in [-0.4, -0.2) is 30.8 Å². The smallest absolute Gasteiger partial charge is 0.312 e. The van der Waals surface area contributed by atoms with E-state index in [-0.39, 0.29) is 6.61 Å². The number of carboxylic acid groups (broad SMARTS) is 1. The van der Waals surface area contributed by atoms with Crippen molar-refractivity contribution >= 4 is 5.97 Å². The zero-order chi connectivity index (χ0) is 15.5. The number of hydrogen-bond donors (Lipinski definition) is 2. The maximum Gasteiger partial charge on any atom is 0.312 e. The van der Waals surface area contributed by atoms with Gasteiger partial charge in [-0.2, -0.15) is 0 Å². The second-order valence-corrected chi connectivity index (χ2v) is 6.12. The molecule has 0 heterocycles. The van der Waals surface area contributed by atoms with Crippen molar-refractivity contribution in [3.63, 3.8) is 0 Å². The minimum Gasteiger partial charge on any atom is -0.493 e. The molecule has 1 aromatic carbocycles. The van der Waals surface area contributed by atoms with Crippen LogP contribution in [0.5, 0.6) is 11.5 Å². The van der Waals surface area contributed by atoms with Crippen LogP contribution < -0.4 is 14.8 Å². The summed E-state index contributed by atoms with van der Waals surface area (Å²) in [6, 6.07) is 6.39. The molecule has 1 aliphatic carbocycles. The van der Waals surface area contributed by atoms with Crippen LogP contribution in [0.4, 0.5) is 0 Å². The second-order valence-electron chi connectivity index (χ2n) is 6.12. The predicted molar refractivity (Wildman–Crippen MR) is 79.8 cm³/mol. The van der Waals surface area contributed by atoms with E-state index in [1.165, 1.54) is 12.8 Å². The first-order valence-electron chi connectivity index (χ1n) is 7.19. The Balaban J connectivity index is 1.99. The standard InChI is InChI=1S/C16H23NO4/c1-16(2,15(18)19)10-21-13-7-4-11(8-14(13)20-3)9-17-12-5-6-12/h4,7-8,12,17H,5-6,9-10H2,1-3H3,(H,18,19). The Kier molecular flexibility index (Phi) is 4.73. The molecule has 0 unspecified atom stereocenters. The maximum absolute atomic E-state index is 11.1. The molecule has 0 atom stereocenters. The van der Waals surface area contributed by atoms with Gasteiger partial charge in [0.05, 0.1) is 12.5 Å². The third kappa shape index (κ3) is 4.36. The number of nitrogens with one attached hydrogen (secondary N) is 1. The average Bonchev–Trinajstić information content (AvgIpc) is 3.27. The molecule has 0 saturated heterocycles. The fourth-order valence-corrected chi connectivity index (χ4v) is 1.81. The first-order valence-corrected chi connectivity index (χ1v) is 7.19. The topological polar surface area (TPSA) is 67.8 Å². The Morgan fingerprint density at radius 1 is 1.38 bits per heavy atom. The largest absolute Gasteiger partial charge is 0.493 e. The van der Waals surface area contributed by atoms with Gasteiger partial charge in [-0.15, -0.1) is 0 Å². The number of aliphatic carboxylic acids is 1. The number of hydrogen-bond acceptors (Lipinski definition) is 4. The number of rotatable bonds is 8. The first-order chi connectivity index (χ1) is 9.92. The van der Waals surface area contributed by atoms with Gasteiger partial charge >= 0.3 is 5.97 Å². The summed E-state index contributed by atoms with van der Waals surface area (Å²) in [7, 11) is 1.59. The molecule has 0 aromatic heterocycles. The quantitative estimate of drug-likeness (QED) is 0.770. The van der Waals surface area contributed by atoms with Gasteiger partial charge in [-0.3, -0.25) is 4.79 Å². The van der Waals surface area contributed by atoms with E-state index >= 15 is 0 Å². The van der Waals surface area contributed by atoms with Gasteiger partial charge in [-0.25, -0.2) is 0 Å². The van der Waals surface area contributed by atoms with E-state index < -0.39 is 11.4 Å². The van der Waals surface area contributed by atoms with E-state index in [1.807, 2.05) is 18.2 Å². The number of carboxylic acids is 1. The van der Waals surface area contributed by atoms with Gasteiger partial charge in [0.2, 0.25) is 0 Å². The molecular formula is C16H23NO4. The molecule has 2 rings (SSSR count). The monoisotopic (exact) mass is 293 g/mol. The molecule has 116 valence electrons. The molecule has 0 amide bonds. The predicted octanol–water partition coefficient (Wildman–Crippen LogP) is 2.44. The van der Waals surface area contributed by atoms with Crippen LogP contribution in [0.1, 0.15) is 32.3 Å². The minimum absolute atomic E-state index is 0.0956. The summed E-state index contributed by atoms with van der Waals surface area (Å²) in [4.78, 5) is 11.1. The number of ether oxygens (including phenoxy) is 2. The van der Waals surface area contributed by atoms with Gasteiger partial charge < -0.3 is 19.9 Å². The summed E-state index contributed by atoms with van der Waals surface area (Å²) < 4.78 is 11.0. The Bertz CT molecular complexity index is 509. The van der Waals surface area contributed by atoms with E-state index in [4.69, 9.17) is 14.6 Å². The fourth-order valence-electron chi connectivity index (χ4n) is 1.81. The molecule has 5 heteroatoms. The highest BCUT2D eigenvalue weighted by Gasteiger charge is 2.28. The third-order valence-electron chi connectivity index (χ3n) is 3.57. The van der Waals surface area contributed by atoms with E-state index in [1.54, 1.807) is 21.0 Å². The SMILES string of the molecule is COc1cc(CNC2CC2)ccc1OCC(C)(C)C(=O)O. The molecule has 1 aromatic rings. The van der Waals surface area contributed by atoms with Gasteiger partial charge in [-0.05, 0) is 44.4 Å². The van der Waals surface area contributed by atoms with E-state index in [0.717, 1.165) is 12.1 Å². The molecule has 21 heavy (non-hydrogen) atoms. The van der Waals surface area contributed by atoms with Crippen molar-refractivity contribution in [3.8, 4) is 11.5 Å². The zero-order valence-corrected chi connectivity index (χ0v) is 12.8. The van der Waals surface area contributed by atoms with Crippen molar-refractivity contribution < 1.29 is 19.4 Å². The molecule has 0 bridgehead atoms. The molecule has 0 spiro atoms. The van der Waals surface area contributed by atoms with Crippen molar-refractivity contribution in [1.29, 1.82) is 0 Å². The lowest BCUT2D eigenvalue weighted by atomic mass is 9.95. The van der Waals surface area contributed by atoms with Gasteiger partial charge in [0, 0.05) is 12.6 Å². The van der Waals surface area contributed by atoms with Crippen LogP contribution in [0.2, 0.25) is 0 Å². The first kappa shape index (κ1) is 15.6.